The minimum Gasteiger partial charge on any atom is -0.320 e. The highest BCUT2D eigenvalue weighted by Gasteiger charge is 2.32. The Morgan fingerprint density at radius 2 is 1.88 bits per heavy atom. The van der Waals surface area contributed by atoms with E-state index in [9.17, 15) is 14.4 Å². The summed E-state index contributed by atoms with van der Waals surface area (Å²) in [7, 11) is 1.76. The van der Waals surface area contributed by atoms with E-state index in [1.165, 1.54) is 21.3 Å². The molecule has 174 valence electrons. The Balaban J connectivity index is 1.44. The van der Waals surface area contributed by atoms with E-state index < -0.39 is 0 Å². The topological polar surface area (TPSA) is 76.3 Å². The molecule has 7 nitrogen and oxygen atoms in total. The summed E-state index contributed by atoms with van der Waals surface area (Å²) in [5, 5.41) is 2.72. The van der Waals surface area contributed by atoms with Crippen molar-refractivity contribution in [3.63, 3.8) is 0 Å². The predicted molar refractivity (Wildman–Crippen MR) is 143 cm³/mol. The van der Waals surface area contributed by atoms with Gasteiger partial charge >= 0.3 is 0 Å². The molecule has 1 aromatic heterocycles. The SMILES string of the molecule is Cc1c(NC(=O)CCN2C(=O)C(=Cc3cccc(Br)c3)SC2=S)c(=O)n(-c2ccccc2)n1C. The predicted octanol–water partition coefficient (Wildman–Crippen LogP) is 4.48. The molecule has 0 spiro atoms. The van der Waals surface area contributed by atoms with Crippen LogP contribution in [-0.4, -0.2) is 36.9 Å². The lowest BCUT2D eigenvalue weighted by molar-refractivity contribution is -0.122. The third-order valence-electron chi connectivity index (χ3n) is 5.40. The molecule has 1 saturated heterocycles. The van der Waals surface area contributed by atoms with Gasteiger partial charge in [0.25, 0.3) is 11.5 Å². The standard InChI is InChI=1S/C24H21BrN4O3S2/c1-15-21(23(32)29(27(15)2)18-9-4-3-5-10-18)26-20(30)11-12-28-22(31)19(34-24(28)33)14-16-7-6-8-17(25)13-16/h3-10,13-14H,11-12H2,1-2H3,(H,26,30). The number of hydrogen-bond acceptors (Lipinski definition) is 5. The molecule has 2 heterocycles. The van der Waals surface area contributed by atoms with Gasteiger partial charge in [-0.1, -0.05) is 70.2 Å². The molecule has 1 fully saturated rings. The monoisotopic (exact) mass is 556 g/mol. The molecule has 0 aliphatic carbocycles. The summed E-state index contributed by atoms with van der Waals surface area (Å²) in [5.74, 6) is -0.596. The maximum absolute atomic E-state index is 13.0. The zero-order chi connectivity index (χ0) is 24.4. The van der Waals surface area contributed by atoms with Crippen LogP contribution in [0.5, 0.6) is 0 Å². The Bertz CT molecular complexity index is 1380. The molecule has 0 saturated carbocycles. The molecule has 1 aliphatic heterocycles. The van der Waals surface area contributed by atoms with E-state index >= 15 is 0 Å². The van der Waals surface area contributed by atoms with Crippen LogP contribution in [-0.2, 0) is 16.6 Å². The van der Waals surface area contributed by atoms with E-state index in [2.05, 4.69) is 21.2 Å². The van der Waals surface area contributed by atoms with Gasteiger partial charge in [0.1, 0.15) is 10.0 Å². The number of anilines is 1. The molecule has 34 heavy (non-hydrogen) atoms. The third-order valence-corrected chi connectivity index (χ3v) is 7.27. The number of rotatable bonds is 6. The van der Waals surface area contributed by atoms with Crippen LogP contribution < -0.4 is 10.9 Å². The van der Waals surface area contributed by atoms with Crippen molar-refractivity contribution in [1.82, 2.24) is 14.3 Å². The summed E-state index contributed by atoms with van der Waals surface area (Å²) in [6.07, 6.45) is 1.79. The van der Waals surface area contributed by atoms with Gasteiger partial charge in [0.05, 0.1) is 16.3 Å². The highest BCUT2D eigenvalue weighted by molar-refractivity contribution is 9.10. The average Bonchev–Trinajstić information content (AvgIpc) is 3.19. The van der Waals surface area contributed by atoms with Crippen LogP contribution >= 0.6 is 39.9 Å². The zero-order valence-electron chi connectivity index (χ0n) is 18.4. The number of para-hydroxylation sites is 1. The second-order valence-electron chi connectivity index (χ2n) is 7.62. The Hall–Kier alpha value is -2.95. The van der Waals surface area contributed by atoms with E-state index in [-0.39, 0.29) is 36.0 Å². The van der Waals surface area contributed by atoms with Crippen LogP contribution in [0.15, 0.2) is 68.8 Å². The maximum atomic E-state index is 13.0. The number of nitrogens with zero attached hydrogens (tertiary/aromatic N) is 3. The van der Waals surface area contributed by atoms with Crippen LogP contribution in [0.4, 0.5) is 5.69 Å². The number of halogens is 1. The smallest absolute Gasteiger partial charge is 0.295 e. The number of aromatic nitrogens is 2. The van der Waals surface area contributed by atoms with E-state index in [0.29, 0.717) is 20.6 Å². The largest absolute Gasteiger partial charge is 0.320 e. The van der Waals surface area contributed by atoms with Crippen molar-refractivity contribution in [2.24, 2.45) is 7.05 Å². The first-order chi connectivity index (χ1) is 16.3. The van der Waals surface area contributed by atoms with Gasteiger partial charge in [0, 0.05) is 24.5 Å². The molecule has 0 atom stereocenters. The Morgan fingerprint density at radius 1 is 1.15 bits per heavy atom. The lowest BCUT2D eigenvalue weighted by Gasteiger charge is -2.13. The summed E-state index contributed by atoms with van der Waals surface area (Å²) in [6, 6.07) is 16.8. The second-order valence-corrected chi connectivity index (χ2v) is 10.2. The molecular formula is C24H21BrN4O3S2. The molecule has 10 heteroatoms. The molecular weight excluding hydrogens is 536 g/mol. The van der Waals surface area contributed by atoms with Gasteiger partial charge in [-0.3, -0.25) is 24.0 Å². The molecule has 2 amide bonds. The van der Waals surface area contributed by atoms with E-state index in [1.807, 2.05) is 54.6 Å². The summed E-state index contributed by atoms with van der Waals surface area (Å²) in [4.78, 5) is 40.4. The van der Waals surface area contributed by atoms with Crippen LogP contribution in [0, 0.1) is 6.92 Å². The number of amides is 2. The van der Waals surface area contributed by atoms with Gasteiger partial charge in [-0.25, -0.2) is 4.68 Å². The highest BCUT2D eigenvalue weighted by Crippen LogP contribution is 2.33. The summed E-state index contributed by atoms with van der Waals surface area (Å²) < 4.78 is 4.51. The fourth-order valence-electron chi connectivity index (χ4n) is 3.57. The average molecular weight is 557 g/mol. The summed E-state index contributed by atoms with van der Waals surface area (Å²) >= 11 is 10.00. The molecule has 0 radical (unpaired) electrons. The Kier molecular flexibility index (Phi) is 7.20. The fraction of sp³-hybridized carbons (Fsp3) is 0.167. The number of hydrogen-bond donors (Lipinski definition) is 1. The number of nitrogens with one attached hydrogen (secondary N) is 1. The van der Waals surface area contributed by atoms with Crippen molar-refractivity contribution < 1.29 is 9.59 Å². The molecule has 4 rings (SSSR count). The van der Waals surface area contributed by atoms with Gasteiger partial charge in [0.2, 0.25) is 5.91 Å². The van der Waals surface area contributed by atoms with Gasteiger partial charge in [-0.2, -0.15) is 0 Å². The van der Waals surface area contributed by atoms with Crippen LogP contribution in [0.3, 0.4) is 0 Å². The second kappa shape index (κ2) is 10.1. The first-order valence-electron chi connectivity index (χ1n) is 10.4. The first kappa shape index (κ1) is 24.2. The quantitative estimate of drug-likeness (QED) is 0.358. The van der Waals surface area contributed by atoms with Crippen LogP contribution in [0.1, 0.15) is 17.7 Å². The van der Waals surface area contributed by atoms with Crippen LogP contribution in [0.25, 0.3) is 11.8 Å². The van der Waals surface area contributed by atoms with Crippen molar-refractivity contribution in [3.8, 4) is 5.69 Å². The van der Waals surface area contributed by atoms with Crippen molar-refractivity contribution in [2.45, 2.75) is 13.3 Å². The number of benzene rings is 2. The molecule has 2 aromatic carbocycles. The summed E-state index contributed by atoms with van der Waals surface area (Å²) in [6.45, 7) is 1.90. The Labute approximate surface area is 214 Å². The lowest BCUT2D eigenvalue weighted by Crippen LogP contribution is -2.32. The van der Waals surface area contributed by atoms with E-state index in [1.54, 1.807) is 24.7 Å². The number of thioether (sulfide) groups is 1. The van der Waals surface area contributed by atoms with Crippen molar-refractivity contribution in [1.29, 1.82) is 0 Å². The highest BCUT2D eigenvalue weighted by atomic mass is 79.9. The number of carbonyl (C=O) groups excluding carboxylic acids is 2. The van der Waals surface area contributed by atoms with E-state index in [0.717, 1.165) is 10.0 Å². The minimum absolute atomic E-state index is 0.00964. The van der Waals surface area contributed by atoms with Gasteiger partial charge < -0.3 is 5.32 Å². The van der Waals surface area contributed by atoms with Crippen molar-refractivity contribution in [3.05, 3.63) is 85.6 Å². The van der Waals surface area contributed by atoms with Crippen LogP contribution in [0.2, 0.25) is 0 Å². The summed E-state index contributed by atoms with van der Waals surface area (Å²) in [5.41, 5.74) is 2.11. The molecule has 1 aliphatic rings. The molecule has 1 N–H and O–H groups in total. The minimum atomic E-state index is -0.365. The van der Waals surface area contributed by atoms with Crippen molar-refractivity contribution >= 4 is 67.8 Å². The third kappa shape index (κ3) is 4.94. The number of thiocarbonyl (C=S) groups is 1. The Morgan fingerprint density at radius 3 is 2.59 bits per heavy atom. The molecule has 3 aromatic rings. The maximum Gasteiger partial charge on any atom is 0.295 e. The normalized spacial score (nSPS) is 14.8. The van der Waals surface area contributed by atoms with Gasteiger partial charge in [0.15, 0.2) is 0 Å². The lowest BCUT2D eigenvalue weighted by atomic mass is 10.2. The van der Waals surface area contributed by atoms with Crippen molar-refractivity contribution in [2.75, 3.05) is 11.9 Å². The first-order valence-corrected chi connectivity index (χ1v) is 12.4. The molecule has 0 unspecified atom stereocenters. The fourth-order valence-corrected chi connectivity index (χ4v) is 5.29. The van der Waals surface area contributed by atoms with Gasteiger partial charge in [-0.15, -0.1) is 0 Å². The molecule has 0 bridgehead atoms. The number of carbonyl (C=O) groups is 2. The zero-order valence-corrected chi connectivity index (χ0v) is 21.7. The van der Waals surface area contributed by atoms with E-state index in [4.69, 9.17) is 12.2 Å². The van der Waals surface area contributed by atoms with Gasteiger partial charge in [-0.05, 0) is 42.8 Å².